The van der Waals surface area contributed by atoms with Crippen molar-refractivity contribution in [3.05, 3.63) is 36.5 Å². The molecule has 84 valence electrons. The van der Waals surface area contributed by atoms with E-state index in [-0.39, 0.29) is 5.75 Å². The average molecular weight is 239 g/mol. The van der Waals surface area contributed by atoms with Gasteiger partial charge in [0.25, 0.3) is 0 Å². The second-order valence-corrected chi connectivity index (χ2v) is 4.79. The molecule has 0 saturated carbocycles. The number of nitrogens with two attached hydrogens (primary N) is 1. The molecule has 2 N–H and O–H groups in total. The zero-order valence-corrected chi connectivity index (χ0v) is 9.00. The summed E-state index contributed by atoms with van der Waals surface area (Å²) in [6, 6.07) is 3.28. The molecule has 2 aromatic heterocycles. The summed E-state index contributed by atoms with van der Waals surface area (Å²) in [5, 5.41) is 8.81. The van der Waals surface area contributed by atoms with Crippen LogP contribution in [-0.4, -0.2) is 28.2 Å². The van der Waals surface area contributed by atoms with E-state index in [2.05, 4.69) is 15.1 Å². The van der Waals surface area contributed by atoms with Gasteiger partial charge in [0.15, 0.2) is 5.82 Å². The van der Waals surface area contributed by atoms with Crippen molar-refractivity contribution >= 4 is 10.0 Å². The first kappa shape index (κ1) is 10.7. The molecule has 7 nitrogen and oxygen atoms in total. The van der Waals surface area contributed by atoms with Crippen molar-refractivity contribution in [2.45, 2.75) is 5.75 Å². The number of hydrogen-bond acceptors (Lipinski definition) is 5. The average Bonchev–Trinajstić information content (AvgIpc) is 2.69. The van der Waals surface area contributed by atoms with Crippen molar-refractivity contribution in [1.82, 2.24) is 19.7 Å². The van der Waals surface area contributed by atoms with Crippen LogP contribution in [-0.2, 0) is 15.8 Å². The summed E-state index contributed by atoms with van der Waals surface area (Å²) in [7, 11) is -3.52. The first-order valence-electron chi connectivity index (χ1n) is 4.35. The van der Waals surface area contributed by atoms with E-state index in [0.29, 0.717) is 11.4 Å². The van der Waals surface area contributed by atoms with Gasteiger partial charge >= 0.3 is 0 Å². The van der Waals surface area contributed by atoms with Gasteiger partial charge in [-0.05, 0) is 11.6 Å². The predicted octanol–water partition coefficient (Wildman–Crippen LogP) is -0.549. The second-order valence-electron chi connectivity index (χ2n) is 3.17. The molecule has 0 aliphatic heterocycles. The lowest BCUT2D eigenvalue weighted by Gasteiger charge is -2.01. The van der Waals surface area contributed by atoms with Gasteiger partial charge in [0.1, 0.15) is 12.7 Å². The summed E-state index contributed by atoms with van der Waals surface area (Å²) in [6.07, 6.45) is 4.34. The number of pyridine rings is 1. The highest BCUT2D eigenvalue weighted by molar-refractivity contribution is 7.88. The molecule has 16 heavy (non-hydrogen) atoms. The van der Waals surface area contributed by atoms with Gasteiger partial charge in [-0.25, -0.2) is 28.2 Å². The Morgan fingerprint density at radius 1 is 1.38 bits per heavy atom. The van der Waals surface area contributed by atoms with Crippen molar-refractivity contribution in [2.75, 3.05) is 0 Å². The van der Waals surface area contributed by atoms with E-state index in [0.717, 1.165) is 0 Å². The zero-order valence-electron chi connectivity index (χ0n) is 8.18. The molecule has 0 saturated heterocycles. The van der Waals surface area contributed by atoms with E-state index in [1.165, 1.54) is 23.5 Å². The summed E-state index contributed by atoms with van der Waals surface area (Å²) in [5.41, 5.74) is 0.534. The van der Waals surface area contributed by atoms with Crippen LogP contribution in [0.1, 0.15) is 5.56 Å². The van der Waals surface area contributed by atoms with Crippen molar-refractivity contribution < 1.29 is 8.42 Å². The molecular formula is C8H9N5O2S. The summed E-state index contributed by atoms with van der Waals surface area (Å²) in [6.45, 7) is 0. The van der Waals surface area contributed by atoms with E-state index in [1.54, 1.807) is 12.1 Å². The predicted molar refractivity (Wildman–Crippen MR) is 56.0 cm³/mol. The van der Waals surface area contributed by atoms with Crippen molar-refractivity contribution in [2.24, 2.45) is 5.14 Å². The monoisotopic (exact) mass is 239 g/mol. The molecule has 0 aliphatic rings. The fourth-order valence-electron chi connectivity index (χ4n) is 1.20. The molecule has 0 atom stereocenters. The summed E-state index contributed by atoms with van der Waals surface area (Å²) >= 11 is 0. The molecule has 0 fully saturated rings. The normalized spacial score (nSPS) is 11.6. The van der Waals surface area contributed by atoms with Crippen LogP contribution in [0.2, 0.25) is 0 Å². The molecular weight excluding hydrogens is 230 g/mol. The Labute approximate surface area is 92.0 Å². The minimum absolute atomic E-state index is 0.225. The van der Waals surface area contributed by atoms with Crippen LogP contribution >= 0.6 is 0 Å². The highest BCUT2D eigenvalue weighted by atomic mass is 32.2. The molecule has 2 heterocycles. The van der Waals surface area contributed by atoms with Gasteiger partial charge in [-0.3, -0.25) is 0 Å². The standard InChI is InChI=1S/C8H9N5O2S/c9-16(14,15)4-7-1-2-8(11-3-7)13-6-10-5-12-13/h1-3,5-6H,4H2,(H2,9,14,15). The maximum Gasteiger partial charge on any atom is 0.213 e. The third-order valence-electron chi connectivity index (χ3n) is 1.83. The highest BCUT2D eigenvalue weighted by Gasteiger charge is 2.05. The van der Waals surface area contributed by atoms with Crippen LogP contribution in [0.3, 0.4) is 0 Å². The van der Waals surface area contributed by atoms with E-state index < -0.39 is 10.0 Å². The van der Waals surface area contributed by atoms with Gasteiger partial charge in [0, 0.05) is 6.20 Å². The number of sulfonamides is 1. The first-order chi connectivity index (χ1) is 7.54. The van der Waals surface area contributed by atoms with Gasteiger partial charge in [-0.15, -0.1) is 0 Å². The number of aromatic nitrogens is 4. The third-order valence-corrected chi connectivity index (χ3v) is 2.57. The maximum absolute atomic E-state index is 10.8. The van der Waals surface area contributed by atoms with Gasteiger partial charge < -0.3 is 0 Å². The quantitative estimate of drug-likeness (QED) is 0.774. The molecule has 0 bridgehead atoms. The van der Waals surface area contributed by atoms with Crippen molar-refractivity contribution in [1.29, 1.82) is 0 Å². The van der Waals surface area contributed by atoms with Crippen LogP contribution in [0.4, 0.5) is 0 Å². The van der Waals surface area contributed by atoms with E-state index in [1.807, 2.05) is 0 Å². The van der Waals surface area contributed by atoms with Gasteiger partial charge in [-0.2, -0.15) is 5.10 Å². The lowest BCUT2D eigenvalue weighted by molar-refractivity contribution is 0.597. The van der Waals surface area contributed by atoms with Crippen molar-refractivity contribution in [3.8, 4) is 5.82 Å². The Balaban J connectivity index is 2.24. The Morgan fingerprint density at radius 3 is 2.69 bits per heavy atom. The van der Waals surface area contributed by atoms with E-state index >= 15 is 0 Å². The Kier molecular flexibility index (Phi) is 2.67. The topological polar surface area (TPSA) is 104 Å². The van der Waals surface area contributed by atoms with Gasteiger partial charge in [0.05, 0.1) is 5.75 Å². The molecule has 2 aromatic rings. The summed E-state index contributed by atoms with van der Waals surface area (Å²) in [5.74, 6) is 0.341. The summed E-state index contributed by atoms with van der Waals surface area (Å²) < 4.78 is 23.1. The van der Waals surface area contributed by atoms with Gasteiger partial charge in [-0.1, -0.05) is 6.07 Å². The van der Waals surface area contributed by atoms with Crippen LogP contribution in [0.5, 0.6) is 0 Å². The van der Waals surface area contributed by atoms with Crippen LogP contribution in [0.25, 0.3) is 5.82 Å². The minimum atomic E-state index is -3.52. The second kappa shape index (κ2) is 3.99. The number of rotatable bonds is 3. The molecule has 0 spiro atoms. The smallest absolute Gasteiger partial charge is 0.213 e. The molecule has 0 radical (unpaired) electrons. The number of primary sulfonamides is 1. The van der Waals surface area contributed by atoms with E-state index in [4.69, 9.17) is 5.14 Å². The van der Waals surface area contributed by atoms with Crippen LogP contribution in [0.15, 0.2) is 31.0 Å². The molecule has 0 amide bonds. The Hall–Kier alpha value is -1.80. The molecule has 2 rings (SSSR count). The molecule has 0 unspecified atom stereocenters. The number of hydrogen-bond donors (Lipinski definition) is 1. The Bertz CT molecular complexity index is 561. The largest absolute Gasteiger partial charge is 0.237 e. The number of nitrogens with zero attached hydrogens (tertiary/aromatic N) is 4. The molecule has 0 aromatic carbocycles. The summed E-state index contributed by atoms with van der Waals surface area (Å²) in [4.78, 5) is 7.82. The van der Waals surface area contributed by atoms with Crippen molar-refractivity contribution in [3.63, 3.8) is 0 Å². The van der Waals surface area contributed by atoms with Crippen LogP contribution in [0, 0.1) is 0 Å². The SMILES string of the molecule is NS(=O)(=O)Cc1ccc(-n2cncn2)nc1. The van der Waals surface area contributed by atoms with E-state index in [9.17, 15) is 8.42 Å². The fourth-order valence-corrected chi connectivity index (χ4v) is 1.83. The lowest BCUT2D eigenvalue weighted by atomic mass is 10.3. The van der Waals surface area contributed by atoms with Crippen LogP contribution < -0.4 is 5.14 Å². The lowest BCUT2D eigenvalue weighted by Crippen LogP contribution is -2.14. The minimum Gasteiger partial charge on any atom is -0.237 e. The third kappa shape index (κ3) is 2.61. The molecule has 8 heteroatoms. The first-order valence-corrected chi connectivity index (χ1v) is 6.06. The highest BCUT2D eigenvalue weighted by Crippen LogP contribution is 2.05. The maximum atomic E-state index is 10.8. The Morgan fingerprint density at radius 2 is 2.19 bits per heavy atom. The molecule has 0 aliphatic carbocycles. The fraction of sp³-hybridized carbons (Fsp3) is 0.125. The zero-order chi connectivity index (χ0) is 11.6. The van der Waals surface area contributed by atoms with Gasteiger partial charge in [0.2, 0.25) is 10.0 Å².